The van der Waals surface area contributed by atoms with E-state index in [2.05, 4.69) is 17.1 Å². The van der Waals surface area contributed by atoms with E-state index in [1.54, 1.807) is 17.0 Å². The van der Waals surface area contributed by atoms with Crippen LogP contribution in [0, 0.1) is 0 Å². The van der Waals surface area contributed by atoms with Gasteiger partial charge >= 0.3 is 12.2 Å². The van der Waals surface area contributed by atoms with Gasteiger partial charge in [-0.25, -0.2) is 4.79 Å². The summed E-state index contributed by atoms with van der Waals surface area (Å²) in [5.41, 5.74) is -0.672. The van der Waals surface area contributed by atoms with Crippen LogP contribution in [0.5, 0.6) is 0 Å². The number of nitrogens with zero attached hydrogens (tertiary/aromatic N) is 2. The molecule has 2 amide bonds. The highest BCUT2D eigenvalue weighted by Gasteiger charge is 2.31. The predicted molar refractivity (Wildman–Crippen MR) is 99.8 cm³/mol. The van der Waals surface area contributed by atoms with Crippen LogP contribution in [0.4, 0.5) is 23.7 Å². The molecule has 2 aromatic rings. The molecule has 1 aliphatic heterocycles. The zero-order valence-corrected chi connectivity index (χ0v) is 15.7. The maximum atomic E-state index is 12.9. The fraction of sp³-hybridized carbons (Fsp3) is 0.450. The minimum Gasteiger partial charge on any atom is -0.467 e. The van der Waals surface area contributed by atoms with E-state index < -0.39 is 17.8 Å². The third-order valence-electron chi connectivity index (χ3n) is 5.05. The minimum absolute atomic E-state index is 0.00120. The number of rotatable bonds is 5. The number of carbonyl (C=O) groups excluding carboxylic acids is 1. The summed E-state index contributed by atoms with van der Waals surface area (Å²) in [6.07, 6.45) is -1.30. The lowest BCUT2D eigenvalue weighted by molar-refractivity contribution is -0.137. The number of furan rings is 1. The number of hydrogen-bond acceptors (Lipinski definition) is 3. The predicted octanol–water partition coefficient (Wildman–Crippen LogP) is 4.82. The standard InChI is InChI=1S/C20H24F3N3O2/c1-2-25-10-8-17(9-11-25)26(14-18-7-4-12-28-18)19(27)24-16-6-3-5-15(13-16)20(21,22)23/h3-7,12-13,17H,2,8-11,14H2,1H3,(H,24,27). The van der Waals surface area contributed by atoms with Gasteiger partial charge in [-0.1, -0.05) is 13.0 Å². The smallest absolute Gasteiger partial charge is 0.416 e. The first-order chi connectivity index (χ1) is 13.4. The Kier molecular flexibility index (Phi) is 6.28. The van der Waals surface area contributed by atoms with Gasteiger partial charge in [0.05, 0.1) is 18.4 Å². The molecule has 152 valence electrons. The molecule has 1 aliphatic rings. The third kappa shape index (κ3) is 5.07. The Morgan fingerprint density at radius 1 is 1.25 bits per heavy atom. The molecule has 0 aliphatic carbocycles. The molecular weight excluding hydrogens is 371 g/mol. The van der Waals surface area contributed by atoms with Crippen LogP contribution in [-0.2, 0) is 12.7 Å². The lowest BCUT2D eigenvalue weighted by Crippen LogP contribution is -2.48. The molecule has 1 N–H and O–H groups in total. The van der Waals surface area contributed by atoms with Crippen LogP contribution in [0.2, 0.25) is 0 Å². The van der Waals surface area contributed by atoms with Crippen LogP contribution in [0.25, 0.3) is 0 Å². The summed E-state index contributed by atoms with van der Waals surface area (Å²) in [6, 6.07) is 7.78. The first kappa shape index (κ1) is 20.3. The third-order valence-corrected chi connectivity index (χ3v) is 5.05. The van der Waals surface area contributed by atoms with E-state index in [1.807, 2.05) is 0 Å². The number of piperidine rings is 1. The maximum Gasteiger partial charge on any atom is 0.416 e. The molecule has 1 aromatic carbocycles. The van der Waals surface area contributed by atoms with Gasteiger partial charge in [-0.15, -0.1) is 0 Å². The Hall–Kier alpha value is -2.48. The Bertz CT molecular complexity index is 769. The minimum atomic E-state index is -4.46. The van der Waals surface area contributed by atoms with E-state index in [-0.39, 0.29) is 18.3 Å². The first-order valence-corrected chi connectivity index (χ1v) is 9.36. The Morgan fingerprint density at radius 3 is 2.61 bits per heavy atom. The molecule has 1 aromatic heterocycles. The molecule has 0 saturated carbocycles. The molecule has 1 fully saturated rings. The quantitative estimate of drug-likeness (QED) is 0.790. The zero-order valence-electron chi connectivity index (χ0n) is 15.7. The van der Waals surface area contributed by atoms with Crippen LogP contribution in [0.1, 0.15) is 31.1 Å². The van der Waals surface area contributed by atoms with E-state index in [9.17, 15) is 18.0 Å². The topological polar surface area (TPSA) is 48.7 Å². The molecule has 0 unspecified atom stereocenters. The number of halogens is 3. The molecule has 5 nitrogen and oxygen atoms in total. The number of nitrogens with one attached hydrogen (secondary N) is 1. The molecule has 2 heterocycles. The number of hydrogen-bond donors (Lipinski definition) is 1. The van der Waals surface area contributed by atoms with E-state index in [0.29, 0.717) is 5.76 Å². The van der Waals surface area contributed by atoms with Gasteiger partial charge in [0, 0.05) is 24.8 Å². The van der Waals surface area contributed by atoms with Crippen molar-refractivity contribution in [1.29, 1.82) is 0 Å². The lowest BCUT2D eigenvalue weighted by Gasteiger charge is -2.37. The SMILES string of the molecule is CCN1CCC(N(Cc2ccco2)C(=O)Nc2cccc(C(F)(F)F)c2)CC1. The van der Waals surface area contributed by atoms with Gasteiger partial charge in [0.1, 0.15) is 5.76 Å². The number of amides is 2. The molecule has 0 bridgehead atoms. The summed E-state index contributed by atoms with van der Waals surface area (Å²) in [4.78, 5) is 16.9. The number of benzene rings is 1. The molecule has 0 spiro atoms. The average Bonchev–Trinajstić information content (AvgIpc) is 3.19. The maximum absolute atomic E-state index is 12.9. The first-order valence-electron chi connectivity index (χ1n) is 9.36. The second-order valence-corrected chi connectivity index (χ2v) is 6.88. The van der Waals surface area contributed by atoms with E-state index in [4.69, 9.17) is 4.42 Å². The van der Waals surface area contributed by atoms with Crippen molar-refractivity contribution >= 4 is 11.7 Å². The number of anilines is 1. The summed E-state index contributed by atoms with van der Waals surface area (Å²) < 4.78 is 44.2. The van der Waals surface area contributed by atoms with Crippen LogP contribution in [0.15, 0.2) is 47.1 Å². The van der Waals surface area contributed by atoms with Crippen molar-refractivity contribution < 1.29 is 22.4 Å². The Balaban J connectivity index is 1.75. The number of likely N-dealkylation sites (tertiary alicyclic amines) is 1. The molecule has 28 heavy (non-hydrogen) atoms. The Morgan fingerprint density at radius 2 is 2.00 bits per heavy atom. The van der Waals surface area contributed by atoms with Crippen LogP contribution >= 0.6 is 0 Å². The Labute approximate surface area is 162 Å². The summed E-state index contributed by atoms with van der Waals surface area (Å²) in [5, 5.41) is 2.62. The second kappa shape index (κ2) is 8.68. The van der Waals surface area contributed by atoms with Gasteiger partial charge in [-0.3, -0.25) is 0 Å². The van der Waals surface area contributed by atoms with Crippen molar-refractivity contribution in [3.05, 3.63) is 54.0 Å². The van der Waals surface area contributed by atoms with Crippen molar-refractivity contribution in [2.75, 3.05) is 25.0 Å². The highest BCUT2D eigenvalue weighted by atomic mass is 19.4. The van der Waals surface area contributed by atoms with Crippen molar-refractivity contribution in [3.63, 3.8) is 0 Å². The van der Waals surface area contributed by atoms with Crippen molar-refractivity contribution in [2.24, 2.45) is 0 Å². The van der Waals surface area contributed by atoms with Gasteiger partial charge in [0.25, 0.3) is 0 Å². The number of alkyl halides is 3. The van der Waals surface area contributed by atoms with Gasteiger partial charge in [-0.05, 0) is 49.7 Å². The second-order valence-electron chi connectivity index (χ2n) is 6.88. The monoisotopic (exact) mass is 395 g/mol. The highest BCUT2D eigenvalue weighted by Crippen LogP contribution is 2.31. The molecule has 0 radical (unpaired) electrons. The van der Waals surface area contributed by atoms with Crippen molar-refractivity contribution in [1.82, 2.24) is 9.80 Å². The summed E-state index contributed by atoms with van der Waals surface area (Å²) >= 11 is 0. The van der Waals surface area contributed by atoms with Crippen molar-refractivity contribution in [3.8, 4) is 0 Å². The molecular formula is C20H24F3N3O2. The molecule has 3 rings (SSSR count). The molecule has 8 heteroatoms. The zero-order chi connectivity index (χ0) is 20.1. The molecule has 0 atom stereocenters. The lowest BCUT2D eigenvalue weighted by atomic mass is 10.0. The van der Waals surface area contributed by atoms with E-state index in [0.717, 1.165) is 44.6 Å². The van der Waals surface area contributed by atoms with Gasteiger partial charge in [0.15, 0.2) is 0 Å². The summed E-state index contributed by atoms with van der Waals surface area (Å²) in [7, 11) is 0. The van der Waals surface area contributed by atoms with Crippen LogP contribution in [-0.4, -0.2) is 41.5 Å². The highest BCUT2D eigenvalue weighted by molar-refractivity contribution is 5.89. The fourth-order valence-corrected chi connectivity index (χ4v) is 3.45. The number of carbonyl (C=O) groups is 1. The average molecular weight is 395 g/mol. The van der Waals surface area contributed by atoms with Crippen LogP contribution in [0.3, 0.4) is 0 Å². The largest absolute Gasteiger partial charge is 0.467 e. The normalized spacial score (nSPS) is 16.1. The summed E-state index contributed by atoms with van der Waals surface area (Å²) in [6.45, 7) is 5.09. The molecule has 1 saturated heterocycles. The van der Waals surface area contributed by atoms with E-state index >= 15 is 0 Å². The fourth-order valence-electron chi connectivity index (χ4n) is 3.45. The van der Waals surface area contributed by atoms with Gasteiger partial charge in [0.2, 0.25) is 0 Å². The summed E-state index contributed by atoms with van der Waals surface area (Å²) in [5.74, 6) is 0.636. The van der Waals surface area contributed by atoms with Gasteiger partial charge < -0.3 is 19.5 Å². The number of urea groups is 1. The van der Waals surface area contributed by atoms with Crippen molar-refractivity contribution in [2.45, 2.75) is 38.5 Å². The van der Waals surface area contributed by atoms with Gasteiger partial charge in [-0.2, -0.15) is 13.2 Å². The van der Waals surface area contributed by atoms with Crippen LogP contribution < -0.4 is 5.32 Å². The van der Waals surface area contributed by atoms with E-state index in [1.165, 1.54) is 18.4 Å².